The quantitative estimate of drug-likeness (QED) is 0.727. The zero-order valence-corrected chi connectivity index (χ0v) is 11.1. The first-order valence-corrected chi connectivity index (χ1v) is 7.34. The summed E-state index contributed by atoms with van der Waals surface area (Å²) < 4.78 is 0. The average Bonchev–Trinajstić information content (AvgIpc) is 2.15. The SMILES string of the molecule is CCC1SCCSC1C(=O)C(C)(C)C. The molecule has 0 amide bonds. The van der Waals surface area contributed by atoms with Crippen LogP contribution in [0.2, 0.25) is 0 Å². The Hall–Kier alpha value is 0.370. The van der Waals surface area contributed by atoms with Gasteiger partial charge in [0.2, 0.25) is 0 Å². The van der Waals surface area contributed by atoms with Gasteiger partial charge in [-0.3, -0.25) is 4.79 Å². The molecular weight excluding hydrogens is 212 g/mol. The zero-order chi connectivity index (χ0) is 10.8. The van der Waals surface area contributed by atoms with Crippen molar-refractivity contribution in [2.45, 2.75) is 44.6 Å². The second kappa shape index (κ2) is 4.93. The van der Waals surface area contributed by atoms with E-state index in [2.05, 4.69) is 6.92 Å². The molecule has 1 fully saturated rings. The van der Waals surface area contributed by atoms with Crippen molar-refractivity contribution in [3.05, 3.63) is 0 Å². The van der Waals surface area contributed by atoms with Crippen molar-refractivity contribution in [2.75, 3.05) is 11.5 Å². The van der Waals surface area contributed by atoms with E-state index in [1.54, 1.807) is 0 Å². The second-order valence-electron chi connectivity index (χ2n) is 4.72. The molecule has 0 saturated carbocycles. The van der Waals surface area contributed by atoms with Crippen molar-refractivity contribution in [3.8, 4) is 0 Å². The highest BCUT2D eigenvalue weighted by molar-refractivity contribution is 8.07. The van der Waals surface area contributed by atoms with Crippen molar-refractivity contribution < 1.29 is 4.79 Å². The minimum atomic E-state index is -0.178. The van der Waals surface area contributed by atoms with Crippen LogP contribution < -0.4 is 0 Å². The molecule has 2 unspecified atom stereocenters. The fourth-order valence-electron chi connectivity index (χ4n) is 1.57. The van der Waals surface area contributed by atoms with Gasteiger partial charge < -0.3 is 0 Å². The summed E-state index contributed by atoms with van der Waals surface area (Å²) in [5, 5.41) is 0.777. The largest absolute Gasteiger partial charge is 0.298 e. The minimum Gasteiger partial charge on any atom is -0.298 e. The number of carbonyl (C=O) groups excluding carboxylic acids is 1. The van der Waals surface area contributed by atoms with Crippen LogP contribution in [0.3, 0.4) is 0 Å². The van der Waals surface area contributed by atoms with Gasteiger partial charge in [0, 0.05) is 22.2 Å². The Labute approximate surface area is 95.8 Å². The molecule has 0 bridgehead atoms. The maximum Gasteiger partial charge on any atom is 0.152 e. The lowest BCUT2D eigenvalue weighted by Gasteiger charge is -2.33. The molecule has 14 heavy (non-hydrogen) atoms. The van der Waals surface area contributed by atoms with Crippen LogP contribution in [-0.2, 0) is 4.79 Å². The zero-order valence-electron chi connectivity index (χ0n) is 9.50. The lowest BCUT2D eigenvalue weighted by atomic mass is 9.87. The van der Waals surface area contributed by atoms with Gasteiger partial charge in [0.1, 0.15) is 0 Å². The molecule has 0 aromatic rings. The molecule has 1 nitrogen and oxygen atoms in total. The molecule has 0 aromatic carbocycles. The van der Waals surface area contributed by atoms with E-state index in [1.807, 2.05) is 44.3 Å². The van der Waals surface area contributed by atoms with Gasteiger partial charge in [-0.05, 0) is 6.42 Å². The molecule has 82 valence electrons. The summed E-state index contributed by atoms with van der Waals surface area (Å²) in [6, 6.07) is 0. The highest BCUT2D eigenvalue weighted by Gasteiger charge is 2.36. The van der Waals surface area contributed by atoms with Gasteiger partial charge in [-0.15, -0.1) is 11.8 Å². The number of ketones is 1. The highest BCUT2D eigenvalue weighted by Crippen LogP contribution is 2.37. The van der Waals surface area contributed by atoms with Gasteiger partial charge in [0.05, 0.1) is 5.25 Å². The van der Waals surface area contributed by atoms with Gasteiger partial charge >= 0.3 is 0 Å². The van der Waals surface area contributed by atoms with Gasteiger partial charge in [-0.1, -0.05) is 27.7 Å². The number of carbonyl (C=O) groups is 1. The molecule has 2 atom stereocenters. The van der Waals surface area contributed by atoms with Crippen molar-refractivity contribution >= 4 is 29.3 Å². The summed E-state index contributed by atoms with van der Waals surface area (Å²) in [5.41, 5.74) is -0.178. The van der Waals surface area contributed by atoms with Crippen LogP contribution in [0.25, 0.3) is 0 Å². The third kappa shape index (κ3) is 2.93. The van der Waals surface area contributed by atoms with Gasteiger partial charge in [-0.25, -0.2) is 0 Å². The van der Waals surface area contributed by atoms with E-state index in [1.165, 1.54) is 5.75 Å². The number of rotatable bonds is 2. The molecular formula is C11H20OS2. The summed E-state index contributed by atoms with van der Waals surface area (Å²) in [6.45, 7) is 8.28. The smallest absolute Gasteiger partial charge is 0.152 e. The van der Waals surface area contributed by atoms with Crippen molar-refractivity contribution in [3.63, 3.8) is 0 Å². The molecule has 3 heteroatoms. The standard InChI is InChI=1S/C11H20OS2/c1-5-8-9(14-7-6-13-8)10(12)11(2,3)4/h8-9H,5-7H2,1-4H3. The van der Waals surface area contributed by atoms with Crippen LogP contribution in [0.5, 0.6) is 0 Å². The molecule has 1 saturated heterocycles. The molecule has 1 aliphatic heterocycles. The molecule has 1 heterocycles. The van der Waals surface area contributed by atoms with E-state index < -0.39 is 0 Å². The minimum absolute atomic E-state index is 0.178. The van der Waals surface area contributed by atoms with E-state index in [-0.39, 0.29) is 10.7 Å². The first kappa shape index (κ1) is 12.4. The summed E-state index contributed by atoms with van der Waals surface area (Å²) in [7, 11) is 0. The van der Waals surface area contributed by atoms with Gasteiger partial charge in [0.15, 0.2) is 5.78 Å². The van der Waals surface area contributed by atoms with Crippen molar-refractivity contribution in [1.29, 1.82) is 0 Å². The van der Waals surface area contributed by atoms with Crippen LogP contribution in [0.15, 0.2) is 0 Å². The van der Waals surface area contributed by atoms with Crippen LogP contribution in [-0.4, -0.2) is 27.8 Å². The maximum atomic E-state index is 12.2. The molecule has 0 N–H and O–H groups in total. The fraction of sp³-hybridized carbons (Fsp3) is 0.909. The molecule has 0 spiro atoms. The first-order chi connectivity index (χ1) is 6.46. The Morgan fingerprint density at radius 2 is 1.86 bits per heavy atom. The Bertz CT molecular complexity index is 208. The predicted molar refractivity (Wildman–Crippen MR) is 67.2 cm³/mol. The summed E-state index contributed by atoms with van der Waals surface area (Å²) >= 11 is 3.83. The average molecular weight is 232 g/mol. The Morgan fingerprint density at radius 1 is 1.29 bits per heavy atom. The predicted octanol–water partition coefficient (Wildman–Crippen LogP) is 3.23. The van der Waals surface area contributed by atoms with E-state index in [4.69, 9.17) is 0 Å². The van der Waals surface area contributed by atoms with E-state index in [0.717, 1.165) is 12.2 Å². The van der Waals surface area contributed by atoms with E-state index in [0.29, 0.717) is 11.0 Å². The molecule has 0 aromatic heterocycles. The van der Waals surface area contributed by atoms with Crippen LogP contribution in [0.4, 0.5) is 0 Å². The van der Waals surface area contributed by atoms with Crippen LogP contribution in [0, 0.1) is 5.41 Å². The van der Waals surface area contributed by atoms with Crippen molar-refractivity contribution in [2.24, 2.45) is 5.41 Å². The number of thioether (sulfide) groups is 2. The maximum absolute atomic E-state index is 12.2. The Balaban J connectivity index is 2.69. The first-order valence-electron chi connectivity index (χ1n) is 5.24. The molecule has 0 aliphatic carbocycles. The summed E-state index contributed by atoms with van der Waals surface area (Å²) in [5.74, 6) is 2.77. The van der Waals surface area contributed by atoms with Gasteiger partial charge in [-0.2, -0.15) is 11.8 Å². The summed E-state index contributed by atoms with van der Waals surface area (Å²) in [6.07, 6.45) is 1.12. The Kier molecular flexibility index (Phi) is 4.38. The third-order valence-corrected chi connectivity index (χ3v) is 5.70. The molecule has 0 radical (unpaired) electrons. The number of hydrogen-bond acceptors (Lipinski definition) is 3. The highest BCUT2D eigenvalue weighted by atomic mass is 32.2. The summed E-state index contributed by atoms with van der Waals surface area (Å²) in [4.78, 5) is 12.2. The second-order valence-corrected chi connectivity index (χ2v) is 7.32. The Morgan fingerprint density at radius 3 is 2.36 bits per heavy atom. The lowest BCUT2D eigenvalue weighted by molar-refractivity contribution is -0.125. The molecule has 1 rings (SSSR count). The topological polar surface area (TPSA) is 17.1 Å². The third-order valence-electron chi connectivity index (χ3n) is 2.45. The lowest BCUT2D eigenvalue weighted by Crippen LogP contribution is -2.39. The van der Waals surface area contributed by atoms with Gasteiger partial charge in [0.25, 0.3) is 0 Å². The van der Waals surface area contributed by atoms with Crippen molar-refractivity contribution in [1.82, 2.24) is 0 Å². The fourth-order valence-corrected chi connectivity index (χ4v) is 4.82. The monoisotopic (exact) mass is 232 g/mol. The number of Topliss-reactive ketones (excluding diaryl/α,β-unsaturated/α-hetero) is 1. The number of hydrogen-bond donors (Lipinski definition) is 0. The normalized spacial score (nSPS) is 28.9. The van der Waals surface area contributed by atoms with E-state index >= 15 is 0 Å². The van der Waals surface area contributed by atoms with Crippen LogP contribution >= 0.6 is 23.5 Å². The molecule has 1 aliphatic rings. The van der Waals surface area contributed by atoms with E-state index in [9.17, 15) is 4.79 Å². The van der Waals surface area contributed by atoms with Crippen LogP contribution in [0.1, 0.15) is 34.1 Å².